The maximum absolute atomic E-state index is 13.2. The lowest BCUT2D eigenvalue weighted by atomic mass is 10.0. The summed E-state index contributed by atoms with van der Waals surface area (Å²) in [6.45, 7) is 1.64. The second-order valence-corrected chi connectivity index (χ2v) is 3.98. The van der Waals surface area contributed by atoms with E-state index in [0.29, 0.717) is 6.42 Å². The van der Waals surface area contributed by atoms with Crippen LogP contribution in [-0.2, 0) is 12.6 Å². The molecule has 0 saturated heterocycles. The van der Waals surface area contributed by atoms with Gasteiger partial charge in [0.1, 0.15) is 0 Å². The van der Waals surface area contributed by atoms with Crippen LogP contribution in [0.1, 0.15) is 30.9 Å². The Hall–Kier alpha value is -1.13. The number of hydrogen-bond acceptors (Lipinski definition) is 0. The largest absolute Gasteiger partial charge is 0.416 e. The molecule has 1 aromatic carbocycles. The average molecular weight is 252 g/mol. The van der Waals surface area contributed by atoms with Crippen LogP contribution in [0.4, 0.5) is 22.0 Å². The van der Waals surface area contributed by atoms with Crippen LogP contribution in [0.5, 0.6) is 0 Å². The Labute approximate surface area is 96.4 Å². The van der Waals surface area contributed by atoms with E-state index in [1.165, 1.54) is 0 Å². The van der Waals surface area contributed by atoms with Gasteiger partial charge in [-0.2, -0.15) is 13.2 Å². The van der Waals surface area contributed by atoms with Crippen LogP contribution in [0.15, 0.2) is 24.3 Å². The van der Waals surface area contributed by atoms with Crippen molar-refractivity contribution in [2.45, 2.75) is 38.3 Å². The first-order chi connectivity index (χ1) is 7.74. The fourth-order valence-corrected chi connectivity index (χ4v) is 1.56. The quantitative estimate of drug-likeness (QED) is 0.682. The molecule has 0 aliphatic carbocycles. The Balaban J connectivity index is 2.75. The molecule has 0 N–H and O–H groups in total. The molecule has 0 spiro atoms. The zero-order valence-corrected chi connectivity index (χ0v) is 9.32. The predicted octanol–water partition coefficient (Wildman–Crippen LogP) is 4.68. The molecule has 1 aromatic rings. The van der Waals surface area contributed by atoms with Gasteiger partial charge < -0.3 is 0 Å². The van der Waals surface area contributed by atoms with Crippen molar-refractivity contribution in [1.29, 1.82) is 0 Å². The SMILES string of the molecule is CCCC(F)(F)Cc1ccc(C(F)(F)F)cc1. The van der Waals surface area contributed by atoms with Gasteiger partial charge in [-0.15, -0.1) is 0 Å². The number of rotatable bonds is 4. The summed E-state index contributed by atoms with van der Waals surface area (Å²) in [5, 5.41) is 0. The lowest BCUT2D eigenvalue weighted by Crippen LogP contribution is -2.19. The molecular formula is C12H13F5. The minimum Gasteiger partial charge on any atom is -0.207 e. The van der Waals surface area contributed by atoms with Crippen molar-refractivity contribution >= 4 is 0 Å². The molecule has 0 aliphatic rings. The molecule has 0 atom stereocenters. The molecule has 0 saturated carbocycles. The van der Waals surface area contributed by atoms with E-state index in [4.69, 9.17) is 0 Å². The number of alkyl halides is 5. The van der Waals surface area contributed by atoms with Crippen molar-refractivity contribution in [1.82, 2.24) is 0 Å². The molecule has 0 heterocycles. The molecule has 0 fully saturated rings. The summed E-state index contributed by atoms with van der Waals surface area (Å²) in [6.07, 6.45) is -4.86. The van der Waals surface area contributed by atoms with E-state index in [1.807, 2.05) is 0 Å². The molecule has 17 heavy (non-hydrogen) atoms. The van der Waals surface area contributed by atoms with Crippen LogP contribution in [0.25, 0.3) is 0 Å². The summed E-state index contributed by atoms with van der Waals surface area (Å²) in [6, 6.07) is 3.87. The monoisotopic (exact) mass is 252 g/mol. The molecule has 0 bridgehead atoms. The van der Waals surface area contributed by atoms with Gasteiger partial charge in [-0.1, -0.05) is 25.5 Å². The molecule has 0 aliphatic heterocycles. The first kappa shape index (κ1) is 13.9. The fourth-order valence-electron chi connectivity index (χ4n) is 1.56. The highest BCUT2D eigenvalue weighted by Gasteiger charge is 2.31. The molecule has 0 radical (unpaired) electrons. The molecule has 0 nitrogen and oxygen atoms in total. The first-order valence-electron chi connectivity index (χ1n) is 5.28. The van der Waals surface area contributed by atoms with Crippen molar-refractivity contribution in [3.63, 3.8) is 0 Å². The van der Waals surface area contributed by atoms with Gasteiger partial charge in [0.25, 0.3) is 5.92 Å². The number of halogens is 5. The van der Waals surface area contributed by atoms with Crippen molar-refractivity contribution in [3.05, 3.63) is 35.4 Å². The Kier molecular flexibility index (Phi) is 4.11. The van der Waals surface area contributed by atoms with Gasteiger partial charge >= 0.3 is 6.18 Å². The van der Waals surface area contributed by atoms with Crippen LogP contribution >= 0.6 is 0 Å². The second kappa shape index (κ2) is 5.02. The van der Waals surface area contributed by atoms with Crippen LogP contribution in [-0.4, -0.2) is 5.92 Å². The Morgan fingerprint density at radius 1 is 0.941 bits per heavy atom. The van der Waals surface area contributed by atoms with E-state index in [9.17, 15) is 22.0 Å². The van der Waals surface area contributed by atoms with Gasteiger partial charge in [-0.3, -0.25) is 0 Å². The van der Waals surface area contributed by atoms with Crippen LogP contribution in [0, 0.1) is 0 Å². The summed E-state index contributed by atoms with van der Waals surface area (Å²) in [5.74, 6) is -2.85. The van der Waals surface area contributed by atoms with E-state index in [-0.39, 0.29) is 12.0 Å². The van der Waals surface area contributed by atoms with E-state index < -0.39 is 24.1 Å². The standard InChI is InChI=1S/C12H13F5/c1-2-7-11(13,14)8-9-3-5-10(6-4-9)12(15,16)17/h3-6H,2,7-8H2,1H3. The summed E-state index contributed by atoms with van der Waals surface area (Å²) in [4.78, 5) is 0. The normalized spacial score (nSPS) is 12.8. The molecule has 96 valence electrons. The summed E-state index contributed by atoms with van der Waals surface area (Å²) in [5.41, 5.74) is -0.600. The fraction of sp³-hybridized carbons (Fsp3) is 0.500. The Morgan fingerprint density at radius 2 is 1.47 bits per heavy atom. The third-order valence-corrected chi connectivity index (χ3v) is 2.36. The lowest BCUT2D eigenvalue weighted by Gasteiger charge is -2.15. The average Bonchev–Trinajstić information content (AvgIpc) is 2.16. The van der Waals surface area contributed by atoms with Gasteiger partial charge in [0.15, 0.2) is 0 Å². The van der Waals surface area contributed by atoms with Gasteiger partial charge in [0.2, 0.25) is 0 Å². The third kappa shape index (κ3) is 4.32. The lowest BCUT2D eigenvalue weighted by molar-refractivity contribution is -0.137. The van der Waals surface area contributed by atoms with Crippen LogP contribution in [0.2, 0.25) is 0 Å². The summed E-state index contributed by atoms with van der Waals surface area (Å²) < 4.78 is 63.1. The van der Waals surface area contributed by atoms with Gasteiger partial charge in [-0.05, 0) is 17.7 Å². The molecule has 1 rings (SSSR count). The number of hydrogen-bond donors (Lipinski definition) is 0. The van der Waals surface area contributed by atoms with E-state index in [2.05, 4.69) is 0 Å². The zero-order valence-electron chi connectivity index (χ0n) is 9.32. The topological polar surface area (TPSA) is 0 Å². The highest BCUT2D eigenvalue weighted by Crippen LogP contribution is 2.30. The molecule has 0 amide bonds. The van der Waals surface area contributed by atoms with E-state index >= 15 is 0 Å². The first-order valence-corrected chi connectivity index (χ1v) is 5.28. The minimum atomic E-state index is -4.43. The van der Waals surface area contributed by atoms with Crippen molar-refractivity contribution in [3.8, 4) is 0 Å². The molecule has 5 heteroatoms. The summed E-state index contributed by atoms with van der Waals surface area (Å²) >= 11 is 0. The third-order valence-electron chi connectivity index (χ3n) is 2.36. The maximum Gasteiger partial charge on any atom is 0.416 e. The molecule has 0 aromatic heterocycles. The molecular weight excluding hydrogens is 239 g/mol. The van der Waals surface area contributed by atoms with Gasteiger partial charge in [0, 0.05) is 12.8 Å². The highest BCUT2D eigenvalue weighted by atomic mass is 19.4. The van der Waals surface area contributed by atoms with Crippen molar-refractivity contribution < 1.29 is 22.0 Å². The van der Waals surface area contributed by atoms with E-state index in [0.717, 1.165) is 24.3 Å². The summed E-state index contributed by atoms with van der Waals surface area (Å²) in [7, 11) is 0. The zero-order chi connectivity index (χ0) is 13.1. The van der Waals surface area contributed by atoms with Gasteiger partial charge in [-0.25, -0.2) is 8.78 Å². The van der Waals surface area contributed by atoms with Gasteiger partial charge in [0.05, 0.1) is 5.56 Å². The number of benzene rings is 1. The predicted molar refractivity (Wildman–Crippen MR) is 55.0 cm³/mol. The second-order valence-electron chi connectivity index (χ2n) is 3.98. The Morgan fingerprint density at radius 3 is 1.88 bits per heavy atom. The van der Waals surface area contributed by atoms with Crippen LogP contribution < -0.4 is 0 Å². The maximum atomic E-state index is 13.2. The Bertz CT molecular complexity index is 350. The minimum absolute atomic E-state index is 0.219. The van der Waals surface area contributed by atoms with Crippen molar-refractivity contribution in [2.24, 2.45) is 0 Å². The molecule has 0 unspecified atom stereocenters. The van der Waals surface area contributed by atoms with Crippen LogP contribution in [0.3, 0.4) is 0 Å². The smallest absolute Gasteiger partial charge is 0.207 e. The van der Waals surface area contributed by atoms with E-state index in [1.54, 1.807) is 6.92 Å². The highest BCUT2D eigenvalue weighted by molar-refractivity contribution is 5.25. The van der Waals surface area contributed by atoms with Crippen molar-refractivity contribution in [2.75, 3.05) is 0 Å².